The normalized spacial score (nSPS) is 12.2. The maximum Gasteiger partial charge on any atom is 0.204 e. The van der Waals surface area contributed by atoms with E-state index < -0.39 is 11.9 Å². The van der Waals surface area contributed by atoms with Gasteiger partial charge in [-0.1, -0.05) is 17.7 Å². The predicted octanol–water partition coefficient (Wildman–Crippen LogP) is 4.33. The van der Waals surface area contributed by atoms with Gasteiger partial charge in [-0.25, -0.2) is 9.37 Å². The van der Waals surface area contributed by atoms with E-state index in [4.69, 9.17) is 21.6 Å². The first-order valence-corrected chi connectivity index (χ1v) is 9.64. The average Bonchev–Trinajstić information content (AvgIpc) is 3.03. The zero-order valence-electron chi connectivity index (χ0n) is 16.2. The molecule has 1 aromatic heterocycles. The second kappa shape index (κ2) is 9.12. The number of fused-ring (bicyclic) bond motifs is 1. The van der Waals surface area contributed by atoms with Gasteiger partial charge in [-0.3, -0.25) is 0 Å². The number of nitrogens with zero attached hydrogens (tertiary/aromatic N) is 3. The standard InChI is InChI=1S/C21H22ClFN4O2/c1-13(2)27-19-10-15(22)4-5-18(19)26-21(27)25-11-16(28)12-29-20-6-3-14(7-8-24)9-17(20)23/h3-6,9-10,13,16,28H,7,11-12H2,1-2H3,(H,25,26). The molecule has 1 heterocycles. The minimum absolute atomic E-state index is 0.0369. The van der Waals surface area contributed by atoms with Crippen LogP contribution >= 0.6 is 11.6 Å². The summed E-state index contributed by atoms with van der Waals surface area (Å²) < 4.78 is 21.4. The summed E-state index contributed by atoms with van der Waals surface area (Å²) in [6, 6.07) is 11.9. The predicted molar refractivity (Wildman–Crippen MR) is 111 cm³/mol. The summed E-state index contributed by atoms with van der Waals surface area (Å²) >= 11 is 6.11. The topological polar surface area (TPSA) is 83.1 Å². The van der Waals surface area contributed by atoms with Gasteiger partial charge in [-0.15, -0.1) is 0 Å². The van der Waals surface area contributed by atoms with Crippen molar-refractivity contribution in [1.29, 1.82) is 5.26 Å². The average molecular weight is 417 g/mol. The fraction of sp³-hybridized carbons (Fsp3) is 0.333. The van der Waals surface area contributed by atoms with Gasteiger partial charge in [0.15, 0.2) is 11.6 Å². The van der Waals surface area contributed by atoms with Gasteiger partial charge in [0.1, 0.15) is 12.7 Å². The number of benzene rings is 2. The quantitative estimate of drug-likeness (QED) is 0.571. The molecule has 6 nitrogen and oxygen atoms in total. The highest BCUT2D eigenvalue weighted by Crippen LogP contribution is 2.27. The molecule has 2 aromatic carbocycles. The third-order valence-electron chi connectivity index (χ3n) is 4.37. The molecule has 0 saturated carbocycles. The second-order valence-corrected chi connectivity index (χ2v) is 7.41. The number of rotatable bonds is 8. The Balaban J connectivity index is 1.63. The number of halogens is 2. The van der Waals surface area contributed by atoms with Crippen molar-refractivity contribution in [3.05, 3.63) is 52.8 Å². The van der Waals surface area contributed by atoms with Crippen LogP contribution < -0.4 is 10.1 Å². The summed E-state index contributed by atoms with van der Waals surface area (Å²) in [4.78, 5) is 4.56. The third-order valence-corrected chi connectivity index (χ3v) is 4.61. The van der Waals surface area contributed by atoms with Crippen molar-refractivity contribution in [3.63, 3.8) is 0 Å². The lowest BCUT2D eigenvalue weighted by Gasteiger charge is -2.17. The van der Waals surface area contributed by atoms with Crippen molar-refractivity contribution < 1.29 is 14.2 Å². The number of aliphatic hydroxyl groups excluding tert-OH is 1. The molecule has 3 rings (SSSR count). The van der Waals surface area contributed by atoms with Gasteiger partial charge in [-0.05, 0) is 49.7 Å². The monoisotopic (exact) mass is 416 g/mol. The van der Waals surface area contributed by atoms with Gasteiger partial charge in [0.25, 0.3) is 0 Å². The van der Waals surface area contributed by atoms with Crippen LogP contribution in [0.4, 0.5) is 10.3 Å². The molecule has 0 amide bonds. The van der Waals surface area contributed by atoms with Gasteiger partial charge < -0.3 is 19.7 Å². The van der Waals surface area contributed by atoms with Crippen LogP contribution in [0.15, 0.2) is 36.4 Å². The second-order valence-electron chi connectivity index (χ2n) is 6.98. The molecule has 0 aliphatic carbocycles. The molecule has 0 bridgehead atoms. The molecule has 0 saturated heterocycles. The molecule has 152 valence electrons. The molecule has 2 N–H and O–H groups in total. The van der Waals surface area contributed by atoms with E-state index in [9.17, 15) is 9.50 Å². The third kappa shape index (κ3) is 4.97. The van der Waals surface area contributed by atoms with Crippen molar-refractivity contribution in [2.24, 2.45) is 0 Å². The van der Waals surface area contributed by atoms with Crippen molar-refractivity contribution in [2.45, 2.75) is 32.4 Å². The Morgan fingerprint density at radius 1 is 1.31 bits per heavy atom. The Bertz CT molecular complexity index is 1050. The molecule has 0 spiro atoms. The van der Waals surface area contributed by atoms with E-state index in [2.05, 4.69) is 10.3 Å². The van der Waals surface area contributed by atoms with Gasteiger partial charge >= 0.3 is 0 Å². The number of aromatic nitrogens is 2. The Kier molecular flexibility index (Phi) is 6.57. The molecular weight excluding hydrogens is 395 g/mol. The highest BCUT2D eigenvalue weighted by atomic mass is 35.5. The highest BCUT2D eigenvalue weighted by molar-refractivity contribution is 6.31. The minimum atomic E-state index is -0.878. The van der Waals surface area contributed by atoms with E-state index in [-0.39, 0.29) is 31.4 Å². The molecule has 0 aliphatic rings. The Morgan fingerprint density at radius 2 is 2.10 bits per heavy atom. The van der Waals surface area contributed by atoms with Crippen molar-refractivity contribution in [3.8, 4) is 11.8 Å². The van der Waals surface area contributed by atoms with Gasteiger partial charge in [0.2, 0.25) is 5.95 Å². The molecule has 0 aliphatic heterocycles. The number of ether oxygens (including phenoxy) is 1. The lowest BCUT2D eigenvalue weighted by atomic mass is 10.1. The van der Waals surface area contributed by atoms with Crippen molar-refractivity contribution in [1.82, 2.24) is 9.55 Å². The number of aliphatic hydroxyl groups is 1. The van der Waals surface area contributed by atoms with E-state index in [1.54, 1.807) is 12.1 Å². The van der Waals surface area contributed by atoms with Crippen molar-refractivity contribution in [2.75, 3.05) is 18.5 Å². The lowest BCUT2D eigenvalue weighted by molar-refractivity contribution is 0.115. The summed E-state index contributed by atoms with van der Waals surface area (Å²) in [6.45, 7) is 4.16. The number of hydrogen-bond acceptors (Lipinski definition) is 5. The van der Waals surface area contributed by atoms with E-state index >= 15 is 0 Å². The number of anilines is 1. The van der Waals surface area contributed by atoms with E-state index in [0.29, 0.717) is 16.5 Å². The van der Waals surface area contributed by atoms with Gasteiger partial charge in [-0.2, -0.15) is 5.26 Å². The highest BCUT2D eigenvalue weighted by Gasteiger charge is 2.15. The fourth-order valence-corrected chi connectivity index (χ4v) is 3.20. The summed E-state index contributed by atoms with van der Waals surface area (Å²) in [5.74, 6) is 0.0922. The molecule has 1 atom stereocenters. The van der Waals surface area contributed by atoms with Crippen LogP contribution in [0.1, 0.15) is 25.5 Å². The SMILES string of the molecule is CC(C)n1c(NCC(O)COc2ccc(CC#N)cc2F)nc2ccc(Cl)cc21. The molecule has 0 radical (unpaired) electrons. The van der Waals surface area contributed by atoms with Crippen LogP contribution in [0.5, 0.6) is 5.75 Å². The Labute approximate surface area is 173 Å². The van der Waals surface area contributed by atoms with Crippen LogP contribution in [-0.4, -0.2) is 33.9 Å². The van der Waals surface area contributed by atoms with E-state index in [1.165, 1.54) is 12.1 Å². The number of nitrogens with one attached hydrogen (secondary N) is 1. The smallest absolute Gasteiger partial charge is 0.204 e. The number of hydrogen-bond donors (Lipinski definition) is 2. The van der Waals surface area contributed by atoms with Gasteiger partial charge in [0, 0.05) is 17.6 Å². The number of imidazole rings is 1. The van der Waals surface area contributed by atoms with Crippen LogP contribution in [0.25, 0.3) is 11.0 Å². The Morgan fingerprint density at radius 3 is 2.79 bits per heavy atom. The lowest BCUT2D eigenvalue weighted by Crippen LogP contribution is -2.27. The van der Waals surface area contributed by atoms with E-state index in [0.717, 1.165) is 11.0 Å². The summed E-state index contributed by atoms with van der Waals surface area (Å²) in [5, 5.41) is 22.7. The fourth-order valence-electron chi connectivity index (χ4n) is 3.03. The molecule has 0 fully saturated rings. The minimum Gasteiger partial charge on any atom is -0.488 e. The van der Waals surface area contributed by atoms with Crippen molar-refractivity contribution >= 4 is 28.6 Å². The van der Waals surface area contributed by atoms with Crippen LogP contribution in [0.2, 0.25) is 5.02 Å². The summed E-state index contributed by atoms with van der Waals surface area (Å²) in [5.41, 5.74) is 2.28. The maximum atomic E-state index is 14.0. The molecule has 1 unspecified atom stereocenters. The zero-order valence-corrected chi connectivity index (χ0v) is 16.9. The molecular formula is C21H22ClFN4O2. The Hall–Kier alpha value is -2.82. The summed E-state index contributed by atoms with van der Waals surface area (Å²) in [6.07, 6.45) is -0.747. The van der Waals surface area contributed by atoms with Crippen LogP contribution in [0.3, 0.4) is 0 Å². The number of nitriles is 1. The first-order chi connectivity index (χ1) is 13.9. The van der Waals surface area contributed by atoms with Crippen LogP contribution in [0, 0.1) is 17.1 Å². The first kappa shape index (κ1) is 20.9. The first-order valence-electron chi connectivity index (χ1n) is 9.26. The molecule has 3 aromatic rings. The zero-order chi connectivity index (χ0) is 21.0. The van der Waals surface area contributed by atoms with E-state index in [1.807, 2.05) is 36.6 Å². The largest absolute Gasteiger partial charge is 0.488 e. The van der Waals surface area contributed by atoms with Gasteiger partial charge in [0.05, 0.1) is 23.5 Å². The van der Waals surface area contributed by atoms with Crippen LogP contribution in [-0.2, 0) is 6.42 Å². The molecule has 8 heteroatoms. The summed E-state index contributed by atoms with van der Waals surface area (Å²) in [7, 11) is 0. The molecule has 29 heavy (non-hydrogen) atoms. The maximum absolute atomic E-state index is 14.0.